The zero-order chi connectivity index (χ0) is 26.6. The van der Waals surface area contributed by atoms with Gasteiger partial charge in [-0.25, -0.2) is 0 Å². The lowest BCUT2D eigenvalue weighted by Gasteiger charge is -2.36. The van der Waals surface area contributed by atoms with Gasteiger partial charge in [0.15, 0.2) is 5.11 Å². The molecule has 1 aliphatic heterocycles. The Bertz CT molecular complexity index is 1480. The molecule has 8 heteroatoms. The van der Waals surface area contributed by atoms with Gasteiger partial charge in [0.2, 0.25) is 0 Å². The number of halogens is 2. The van der Waals surface area contributed by atoms with Crippen LogP contribution >= 0.6 is 44.1 Å². The summed E-state index contributed by atoms with van der Waals surface area (Å²) in [4.78, 5) is 30.5. The van der Waals surface area contributed by atoms with Gasteiger partial charge in [-0.15, -0.1) is 0 Å². The molecule has 38 heavy (non-hydrogen) atoms. The number of hydrogen-bond acceptors (Lipinski definition) is 4. The highest BCUT2D eigenvalue weighted by molar-refractivity contribution is 9.11. The Morgan fingerprint density at radius 1 is 0.737 bits per heavy atom. The number of ether oxygens (including phenoxy) is 1. The molecule has 0 unspecified atom stereocenters. The Kier molecular flexibility index (Phi) is 7.83. The van der Waals surface area contributed by atoms with Crippen molar-refractivity contribution in [2.45, 2.75) is 6.61 Å². The number of carbonyl (C=O) groups is 2. The highest BCUT2D eigenvalue weighted by Crippen LogP contribution is 2.37. The van der Waals surface area contributed by atoms with Crippen molar-refractivity contribution in [1.82, 2.24) is 0 Å². The van der Waals surface area contributed by atoms with Gasteiger partial charge in [0.1, 0.15) is 17.9 Å². The van der Waals surface area contributed by atoms with Gasteiger partial charge in [0.05, 0.1) is 15.8 Å². The van der Waals surface area contributed by atoms with Gasteiger partial charge >= 0.3 is 0 Å². The van der Waals surface area contributed by atoms with Crippen LogP contribution in [0, 0.1) is 0 Å². The second-order valence-electron chi connectivity index (χ2n) is 8.37. The van der Waals surface area contributed by atoms with Crippen LogP contribution in [-0.4, -0.2) is 16.9 Å². The number of rotatable bonds is 6. The first-order valence-electron chi connectivity index (χ1n) is 11.6. The van der Waals surface area contributed by atoms with E-state index in [4.69, 9.17) is 17.0 Å². The Morgan fingerprint density at radius 3 is 1.76 bits per heavy atom. The molecule has 0 spiro atoms. The van der Waals surface area contributed by atoms with Crippen molar-refractivity contribution in [3.8, 4) is 5.75 Å². The van der Waals surface area contributed by atoms with Gasteiger partial charge < -0.3 is 4.74 Å². The van der Waals surface area contributed by atoms with Crippen LogP contribution in [0.4, 0.5) is 11.4 Å². The fourth-order valence-corrected chi connectivity index (χ4v) is 5.81. The average molecular weight is 648 g/mol. The third-order valence-corrected chi connectivity index (χ3v) is 7.25. The van der Waals surface area contributed by atoms with E-state index in [1.54, 1.807) is 30.3 Å². The number of para-hydroxylation sites is 2. The number of anilines is 2. The van der Waals surface area contributed by atoms with Gasteiger partial charge in [-0.2, -0.15) is 0 Å². The first kappa shape index (κ1) is 26.0. The normalized spacial score (nSPS) is 13.6. The van der Waals surface area contributed by atoms with E-state index in [0.717, 1.165) is 10.0 Å². The summed E-state index contributed by atoms with van der Waals surface area (Å²) in [6.45, 7) is 0.315. The maximum atomic E-state index is 13.8. The Labute approximate surface area is 242 Å². The summed E-state index contributed by atoms with van der Waals surface area (Å²) >= 11 is 12.8. The van der Waals surface area contributed by atoms with Crippen LogP contribution in [0.1, 0.15) is 11.1 Å². The molecule has 5 rings (SSSR count). The summed E-state index contributed by atoms with van der Waals surface area (Å²) in [5.74, 6) is -0.511. The van der Waals surface area contributed by atoms with Crippen molar-refractivity contribution in [2.75, 3.05) is 9.80 Å². The molecule has 2 amide bonds. The van der Waals surface area contributed by atoms with Crippen LogP contribution in [0.3, 0.4) is 0 Å². The Balaban J connectivity index is 1.62. The smallest absolute Gasteiger partial charge is 0.270 e. The summed E-state index contributed by atoms with van der Waals surface area (Å²) in [5.41, 5.74) is 2.64. The van der Waals surface area contributed by atoms with Crippen molar-refractivity contribution >= 4 is 78.5 Å². The molecule has 0 saturated carbocycles. The molecule has 1 saturated heterocycles. The topological polar surface area (TPSA) is 49.9 Å². The number of nitrogens with zero attached hydrogens (tertiary/aromatic N) is 2. The van der Waals surface area contributed by atoms with Crippen LogP contribution in [0.25, 0.3) is 6.08 Å². The van der Waals surface area contributed by atoms with E-state index >= 15 is 0 Å². The lowest BCUT2D eigenvalue weighted by molar-refractivity contribution is -0.120. The van der Waals surface area contributed by atoms with E-state index in [1.165, 1.54) is 9.80 Å². The summed E-state index contributed by atoms with van der Waals surface area (Å²) in [7, 11) is 0. The quantitative estimate of drug-likeness (QED) is 0.123. The minimum atomic E-state index is -0.511. The first-order chi connectivity index (χ1) is 18.4. The molecule has 0 bridgehead atoms. The third kappa shape index (κ3) is 5.34. The lowest BCUT2D eigenvalue weighted by Crippen LogP contribution is -2.56. The van der Waals surface area contributed by atoms with Gasteiger partial charge in [-0.3, -0.25) is 19.4 Å². The monoisotopic (exact) mass is 646 g/mol. The largest absolute Gasteiger partial charge is 0.487 e. The molecule has 0 aromatic heterocycles. The lowest BCUT2D eigenvalue weighted by atomic mass is 10.0. The summed E-state index contributed by atoms with van der Waals surface area (Å²) in [6.07, 6.45) is 1.56. The first-order valence-corrected chi connectivity index (χ1v) is 13.6. The van der Waals surface area contributed by atoms with E-state index in [1.807, 2.05) is 78.9 Å². The van der Waals surface area contributed by atoms with Crippen LogP contribution in [0.5, 0.6) is 5.75 Å². The molecule has 1 fully saturated rings. The molecule has 0 radical (unpaired) electrons. The molecular formula is C30H20Br2N2O3S. The van der Waals surface area contributed by atoms with Crippen LogP contribution in [0.15, 0.2) is 118 Å². The molecule has 188 valence electrons. The number of amides is 2. The minimum Gasteiger partial charge on any atom is -0.487 e. The molecular weight excluding hydrogens is 628 g/mol. The minimum absolute atomic E-state index is 0.0409. The average Bonchev–Trinajstić information content (AvgIpc) is 2.92. The van der Waals surface area contributed by atoms with Crippen LogP contribution in [-0.2, 0) is 16.2 Å². The number of benzene rings is 4. The van der Waals surface area contributed by atoms with Crippen LogP contribution in [0.2, 0.25) is 0 Å². The van der Waals surface area contributed by atoms with E-state index in [-0.39, 0.29) is 10.7 Å². The van der Waals surface area contributed by atoms with E-state index in [0.29, 0.717) is 33.8 Å². The van der Waals surface area contributed by atoms with Gasteiger partial charge in [0, 0.05) is 10.0 Å². The van der Waals surface area contributed by atoms with Gasteiger partial charge in [0.25, 0.3) is 11.8 Å². The number of carbonyl (C=O) groups excluding carboxylic acids is 2. The Morgan fingerprint density at radius 2 is 1.24 bits per heavy atom. The predicted octanol–water partition coefficient (Wildman–Crippen LogP) is 7.54. The van der Waals surface area contributed by atoms with E-state index < -0.39 is 11.8 Å². The highest BCUT2D eigenvalue weighted by Gasteiger charge is 2.41. The number of hydrogen-bond donors (Lipinski definition) is 0. The Hall–Kier alpha value is -3.59. The van der Waals surface area contributed by atoms with Gasteiger partial charge in [-0.1, -0.05) is 82.7 Å². The van der Waals surface area contributed by atoms with Gasteiger partial charge in [-0.05, 0) is 76.2 Å². The van der Waals surface area contributed by atoms with Crippen molar-refractivity contribution in [3.63, 3.8) is 0 Å². The standard InChI is InChI=1S/C30H20Br2N2O3S/c31-22-16-21(27(26(32)18-22)37-19-20-10-4-1-5-11-20)17-25-28(35)33(23-12-6-2-7-13-23)30(38)34(29(25)36)24-14-8-3-9-15-24/h1-18H,19H2. The fourth-order valence-electron chi connectivity index (χ4n) is 4.06. The second-order valence-corrected chi connectivity index (χ2v) is 10.5. The number of thiocarbonyl (C=S) groups is 1. The van der Waals surface area contributed by atoms with Crippen molar-refractivity contribution < 1.29 is 14.3 Å². The molecule has 4 aromatic rings. The fraction of sp³-hybridized carbons (Fsp3) is 0.0333. The van der Waals surface area contributed by atoms with E-state index in [2.05, 4.69) is 31.9 Å². The highest BCUT2D eigenvalue weighted by atomic mass is 79.9. The summed E-state index contributed by atoms with van der Waals surface area (Å²) < 4.78 is 7.62. The van der Waals surface area contributed by atoms with Crippen molar-refractivity contribution in [2.24, 2.45) is 0 Å². The molecule has 4 aromatic carbocycles. The van der Waals surface area contributed by atoms with Crippen molar-refractivity contribution in [3.05, 3.63) is 129 Å². The molecule has 5 nitrogen and oxygen atoms in total. The molecule has 1 aliphatic rings. The molecule has 1 heterocycles. The molecule has 0 atom stereocenters. The summed E-state index contributed by atoms with van der Waals surface area (Å²) in [6, 6.07) is 31.5. The van der Waals surface area contributed by atoms with E-state index in [9.17, 15) is 9.59 Å². The van der Waals surface area contributed by atoms with Crippen molar-refractivity contribution in [1.29, 1.82) is 0 Å². The zero-order valence-electron chi connectivity index (χ0n) is 19.9. The molecule has 0 aliphatic carbocycles. The molecule has 0 N–H and O–H groups in total. The van der Waals surface area contributed by atoms with Crippen LogP contribution < -0.4 is 14.5 Å². The maximum absolute atomic E-state index is 13.8. The SMILES string of the molecule is O=C1C(=Cc2cc(Br)cc(Br)c2OCc2ccccc2)C(=O)N(c2ccccc2)C(=S)N1c1ccccc1. The maximum Gasteiger partial charge on any atom is 0.270 e. The second kappa shape index (κ2) is 11.4. The predicted molar refractivity (Wildman–Crippen MR) is 161 cm³/mol. The zero-order valence-corrected chi connectivity index (χ0v) is 23.9. The summed E-state index contributed by atoms with van der Waals surface area (Å²) in [5, 5.41) is 0.0884. The third-order valence-electron chi connectivity index (χ3n) is 5.84.